The Hall–Kier alpha value is -2.23. The molecule has 1 atom stereocenters. The highest BCUT2D eigenvalue weighted by molar-refractivity contribution is 5.96. The maximum Gasteiger partial charge on any atom is 0.225 e. The maximum atomic E-state index is 14.1. The summed E-state index contributed by atoms with van der Waals surface area (Å²) in [6.45, 7) is 3.87. The highest BCUT2D eigenvalue weighted by Crippen LogP contribution is 2.40. The number of hydrogen-bond acceptors (Lipinski definition) is 1. The van der Waals surface area contributed by atoms with Crippen LogP contribution < -0.4 is 5.32 Å². The monoisotopic (exact) mass is 287 g/mol. The number of benzene rings is 2. The number of fused-ring (bicyclic) bond motifs is 1. The summed E-state index contributed by atoms with van der Waals surface area (Å²) >= 11 is 0. The zero-order chi connectivity index (χ0) is 15.1. The second kappa shape index (κ2) is 4.95. The molecule has 108 valence electrons. The van der Waals surface area contributed by atoms with Gasteiger partial charge < -0.3 is 5.32 Å². The molecule has 1 aliphatic rings. The van der Waals surface area contributed by atoms with Crippen LogP contribution in [0.5, 0.6) is 0 Å². The molecule has 0 radical (unpaired) electrons. The number of halogens is 2. The molecule has 1 amide bonds. The molecule has 0 spiro atoms. The fraction of sp³-hybridized carbons (Fsp3) is 0.235. The first-order valence-electron chi connectivity index (χ1n) is 6.83. The van der Waals surface area contributed by atoms with Gasteiger partial charge in [0, 0.05) is 18.0 Å². The van der Waals surface area contributed by atoms with Crippen LogP contribution in [0.25, 0.3) is 0 Å². The van der Waals surface area contributed by atoms with E-state index < -0.39 is 17.6 Å². The van der Waals surface area contributed by atoms with E-state index in [1.165, 1.54) is 6.07 Å². The fourth-order valence-corrected chi connectivity index (χ4v) is 2.85. The summed E-state index contributed by atoms with van der Waals surface area (Å²) in [4.78, 5) is 11.9. The summed E-state index contributed by atoms with van der Waals surface area (Å²) in [7, 11) is 0. The first kappa shape index (κ1) is 13.7. The van der Waals surface area contributed by atoms with Crippen LogP contribution in [0.4, 0.5) is 14.5 Å². The lowest BCUT2D eigenvalue weighted by Crippen LogP contribution is -2.25. The van der Waals surface area contributed by atoms with Crippen LogP contribution in [0.1, 0.15) is 34.6 Å². The van der Waals surface area contributed by atoms with Crippen molar-refractivity contribution >= 4 is 11.6 Å². The third-order valence-corrected chi connectivity index (χ3v) is 4.15. The van der Waals surface area contributed by atoms with Crippen molar-refractivity contribution in [2.45, 2.75) is 26.2 Å². The topological polar surface area (TPSA) is 29.1 Å². The average molecular weight is 287 g/mol. The summed E-state index contributed by atoms with van der Waals surface area (Å²) in [5.74, 6) is -2.39. The average Bonchev–Trinajstić information content (AvgIpc) is 2.46. The lowest BCUT2D eigenvalue weighted by atomic mass is 9.82. The molecule has 0 aliphatic carbocycles. The van der Waals surface area contributed by atoms with Crippen molar-refractivity contribution in [1.29, 1.82) is 0 Å². The quantitative estimate of drug-likeness (QED) is 0.842. The highest BCUT2D eigenvalue weighted by atomic mass is 19.2. The van der Waals surface area contributed by atoms with E-state index in [0.29, 0.717) is 0 Å². The lowest BCUT2D eigenvalue weighted by Gasteiger charge is -2.28. The Morgan fingerprint density at radius 2 is 1.86 bits per heavy atom. The predicted octanol–water partition coefficient (Wildman–Crippen LogP) is 4.06. The number of carbonyl (C=O) groups is 1. The van der Waals surface area contributed by atoms with Gasteiger partial charge in [0.05, 0.1) is 0 Å². The van der Waals surface area contributed by atoms with Crippen LogP contribution in [-0.4, -0.2) is 5.91 Å². The van der Waals surface area contributed by atoms with Gasteiger partial charge in [0.1, 0.15) is 0 Å². The van der Waals surface area contributed by atoms with Gasteiger partial charge in [-0.15, -0.1) is 0 Å². The Morgan fingerprint density at radius 3 is 2.62 bits per heavy atom. The van der Waals surface area contributed by atoms with Gasteiger partial charge in [-0.05, 0) is 42.2 Å². The van der Waals surface area contributed by atoms with Crippen LogP contribution in [0.15, 0.2) is 30.3 Å². The van der Waals surface area contributed by atoms with Crippen LogP contribution in [-0.2, 0) is 4.79 Å². The van der Waals surface area contributed by atoms with Crippen molar-refractivity contribution in [3.8, 4) is 0 Å². The van der Waals surface area contributed by atoms with E-state index in [1.54, 1.807) is 6.07 Å². The number of aryl methyl sites for hydroxylation is 1. The van der Waals surface area contributed by atoms with Gasteiger partial charge in [-0.25, -0.2) is 8.78 Å². The molecule has 0 saturated heterocycles. The second-order valence-corrected chi connectivity index (χ2v) is 5.42. The first-order valence-corrected chi connectivity index (χ1v) is 6.83. The van der Waals surface area contributed by atoms with Crippen LogP contribution in [0.2, 0.25) is 0 Å². The number of hydrogen-bond donors (Lipinski definition) is 1. The van der Waals surface area contributed by atoms with Gasteiger partial charge in [-0.1, -0.05) is 24.3 Å². The molecule has 1 aliphatic heterocycles. The smallest absolute Gasteiger partial charge is 0.225 e. The predicted molar refractivity (Wildman–Crippen MR) is 77.4 cm³/mol. The molecular weight excluding hydrogens is 272 g/mol. The van der Waals surface area contributed by atoms with Crippen LogP contribution in [0.3, 0.4) is 0 Å². The number of anilines is 1. The summed E-state index contributed by atoms with van der Waals surface area (Å²) in [5.41, 5.74) is 3.80. The zero-order valence-electron chi connectivity index (χ0n) is 11.8. The molecule has 0 aromatic heterocycles. The van der Waals surface area contributed by atoms with E-state index in [1.807, 2.05) is 26.0 Å². The Kier molecular flexibility index (Phi) is 3.24. The van der Waals surface area contributed by atoms with Gasteiger partial charge in [-0.2, -0.15) is 0 Å². The standard InChI is InChI=1S/C17H15F2NO/c1-9-6-7-12-13(8-15(21)20-17(12)10(9)2)11-4-3-5-14(18)16(11)19/h3-7,13H,8H2,1-2H3,(H,20,21)/t13-/m1/s1. The Bertz CT molecular complexity index is 740. The van der Waals surface area contributed by atoms with Gasteiger partial charge in [0.2, 0.25) is 5.91 Å². The van der Waals surface area contributed by atoms with Crippen molar-refractivity contribution in [3.05, 3.63) is 64.2 Å². The van der Waals surface area contributed by atoms with E-state index in [-0.39, 0.29) is 17.9 Å². The van der Waals surface area contributed by atoms with Gasteiger partial charge in [0.25, 0.3) is 0 Å². The van der Waals surface area contributed by atoms with Gasteiger partial charge >= 0.3 is 0 Å². The maximum absolute atomic E-state index is 14.1. The molecule has 4 heteroatoms. The van der Waals surface area contributed by atoms with Crippen molar-refractivity contribution in [3.63, 3.8) is 0 Å². The molecule has 0 unspecified atom stereocenters. The molecule has 2 nitrogen and oxygen atoms in total. The summed E-state index contributed by atoms with van der Waals surface area (Å²) < 4.78 is 27.6. The lowest BCUT2D eigenvalue weighted by molar-refractivity contribution is -0.116. The minimum atomic E-state index is -0.885. The number of rotatable bonds is 1. The van der Waals surface area contributed by atoms with Crippen LogP contribution >= 0.6 is 0 Å². The van der Waals surface area contributed by atoms with E-state index in [9.17, 15) is 13.6 Å². The summed E-state index contributed by atoms with van der Waals surface area (Å²) in [5, 5.41) is 2.85. The van der Waals surface area contributed by atoms with E-state index in [0.717, 1.165) is 28.4 Å². The van der Waals surface area contributed by atoms with Crippen molar-refractivity contribution in [1.82, 2.24) is 0 Å². The molecule has 3 rings (SSSR count). The highest BCUT2D eigenvalue weighted by Gasteiger charge is 2.30. The minimum Gasteiger partial charge on any atom is -0.326 e. The third kappa shape index (κ3) is 2.20. The SMILES string of the molecule is Cc1ccc2c(c1C)NC(=O)C[C@@H]2c1cccc(F)c1F. The molecule has 0 saturated carbocycles. The summed E-state index contributed by atoms with van der Waals surface area (Å²) in [6, 6.07) is 7.92. The van der Waals surface area contributed by atoms with E-state index >= 15 is 0 Å². The molecule has 2 aromatic rings. The molecular formula is C17H15F2NO. The number of carbonyl (C=O) groups excluding carboxylic acids is 1. The van der Waals surface area contributed by atoms with Crippen molar-refractivity contribution in [2.75, 3.05) is 5.32 Å². The van der Waals surface area contributed by atoms with E-state index in [2.05, 4.69) is 5.32 Å². The molecule has 1 heterocycles. The second-order valence-electron chi connectivity index (χ2n) is 5.42. The zero-order valence-corrected chi connectivity index (χ0v) is 11.8. The van der Waals surface area contributed by atoms with Crippen LogP contribution in [0, 0.1) is 25.5 Å². The Balaban J connectivity index is 2.20. The number of amides is 1. The third-order valence-electron chi connectivity index (χ3n) is 4.15. The first-order chi connectivity index (χ1) is 9.99. The normalized spacial score (nSPS) is 17.3. The Labute approximate surface area is 121 Å². The Morgan fingerprint density at radius 1 is 1.10 bits per heavy atom. The van der Waals surface area contributed by atoms with E-state index in [4.69, 9.17) is 0 Å². The molecule has 1 N–H and O–H groups in total. The molecule has 0 fully saturated rings. The van der Waals surface area contributed by atoms with Crippen molar-refractivity contribution < 1.29 is 13.6 Å². The fourth-order valence-electron chi connectivity index (χ4n) is 2.85. The van der Waals surface area contributed by atoms with Crippen molar-refractivity contribution in [2.24, 2.45) is 0 Å². The summed E-state index contributed by atoms with van der Waals surface area (Å²) in [6.07, 6.45) is 0.121. The number of nitrogens with one attached hydrogen (secondary N) is 1. The van der Waals surface area contributed by atoms with Gasteiger partial charge in [-0.3, -0.25) is 4.79 Å². The molecule has 2 aromatic carbocycles. The van der Waals surface area contributed by atoms with Gasteiger partial charge in [0.15, 0.2) is 11.6 Å². The largest absolute Gasteiger partial charge is 0.326 e. The molecule has 21 heavy (non-hydrogen) atoms. The minimum absolute atomic E-state index is 0.121. The molecule has 0 bridgehead atoms.